The number of ether oxygens (including phenoxy) is 1. The summed E-state index contributed by atoms with van der Waals surface area (Å²) in [7, 11) is 0. The van der Waals surface area contributed by atoms with Gasteiger partial charge in [0, 0.05) is 0 Å². The highest BCUT2D eigenvalue weighted by Crippen LogP contribution is 2.22. The predicted octanol–water partition coefficient (Wildman–Crippen LogP) is 6.55. The fourth-order valence-electron chi connectivity index (χ4n) is 2.66. The largest absolute Gasteiger partial charge is 0.573 e. The molecule has 0 amide bonds. The fraction of sp³-hybridized carbons (Fsp3) is 0.364. The molecule has 0 aromatic heterocycles. The number of benzene rings is 2. The smallest absolute Gasteiger partial charge is 0.406 e. The second-order valence-electron chi connectivity index (χ2n) is 6.51. The number of rotatable bonds is 10. The van der Waals surface area contributed by atoms with Crippen molar-refractivity contribution < 1.29 is 17.9 Å². The van der Waals surface area contributed by atoms with Gasteiger partial charge in [-0.05, 0) is 53.8 Å². The van der Waals surface area contributed by atoms with E-state index in [1.165, 1.54) is 68.1 Å². The maximum atomic E-state index is 12.1. The number of alkyl halides is 3. The molecule has 0 atom stereocenters. The summed E-state index contributed by atoms with van der Waals surface area (Å²) in [5, 5.41) is 7.90. The third kappa shape index (κ3) is 8.84. The van der Waals surface area contributed by atoms with Gasteiger partial charge < -0.3 is 4.74 Å². The molecule has 150 valence electrons. The van der Waals surface area contributed by atoms with Crippen LogP contribution in [-0.4, -0.2) is 18.8 Å². The van der Waals surface area contributed by atoms with Crippen molar-refractivity contribution in [3.63, 3.8) is 0 Å². The van der Waals surface area contributed by atoms with E-state index in [0.29, 0.717) is 5.56 Å². The molecule has 0 aliphatic rings. The van der Waals surface area contributed by atoms with Crippen LogP contribution in [0.3, 0.4) is 0 Å². The van der Waals surface area contributed by atoms with Crippen LogP contribution in [0.5, 0.6) is 5.75 Å². The molecule has 0 N–H and O–H groups in total. The lowest BCUT2D eigenvalue weighted by molar-refractivity contribution is -0.274. The molecule has 0 saturated heterocycles. The van der Waals surface area contributed by atoms with E-state index >= 15 is 0 Å². The molecule has 0 aliphatic carbocycles. The number of unbranched alkanes of at least 4 members (excludes halogenated alkanes) is 4. The van der Waals surface area contributed by atoms with Crippen molar-refractivity contribution in [2.75, 3.05) is 0 Å². The molecule has 0 unspecified atom stereocenters. The van der Waals surface area contributed by atoms with E-state index < -0.39 is 6.36 Å². The zero-order valence-corrected chi connectivity index (χ0v) is 16.0. The maximum absolute atomic E-state index is 12.1. The summed E-state index contributed by atoms with van der Waals surface area (Å²) in [4.78, 5) is 0. The van der Waals surface area contributed by atoms with Crippen LogP contribution in [0.1, 0.15) is 55.7 Å². The summed E-state index contributed by atoms with van der Waals surface area (Å²) in [6.07, 6.45) is 5.87. The average molecular weight is 390 g/mol. The predicted molar refractivity (Wildman–Crippen MR) is 107 cm³/mol. The van der Waals surface area contributed by atoms with Gasteiger partial charge in [-0.2, -0.15) is 10.2 Å². The van der Waals surface area contributed by atoms with Gasteiger partial charge in [0.2, 0.25) is 0 Å². The molecule has 0 bridgehead atoms. The second kappa shape index (κ2) is 11.3. The molecule has 0 aliphatic heterocycles. The summed E-state index contributed by atoms with van der Waals surface area (Å²) in [6.45, 7) is 2.22. The topological polar surface area (TPSA) is 34.0 Å². The van der Waals surface area contributed by atoms with Gasteiger partial charge in [0.05, 0.1) is 12.4 Å². The van der Waals surface area contributed by atoms with E-state index in [1.54, 1.807) is 6.21 Å². The molecule has 2 aromatic rings. The highest BCUT2D eigenvalue weighted by Gasteiger charge is 2.30. The zero-order chi connectivity index (χ0) is 20.2. The minimum absolute atomic E-state index is 0.265. The maximum Gasteiger partial charge on any atom is 0.573 e. The van der Waals surface area contributed by atoms with Crippen LogP contribution in [0.15, 0.2) is 58.7 Å². The molecule has 28 heavy (non-hydrogen) atoms. The monoisotopic (exact) mass is 390 g/mol. The third-order valence-corrected chi connectivity index (χ3v) is 4.14. The van der Waals surface area contributed by atoms with Crippen LogP contribution >= 0.6 is 0 Å². The molecule has 2 aromatic carbocycles. The van der Waals surface area contributed by atoms with E-state index in [4.69, 9.17) is 0 Å². The van der Waals surface area contributed by atoms with E-state index in [0.717, 1.165) is 12.0 Å². The van der Waals surface area contributed by atoms with Gasteiger partial charge >= 0.3 is 6.36 Å². The number of hydrogen-bond acceptors (Lipinski definition) is 3. The van der Waals surface area contributed by atoms with E-state index in [9.17, 15) is 13.2 Å². The van der Waals surface area contributed by atoms with Crippen molar-refractivity contribution in [1.29, 1.82) is 0 Å². The van der Waals surface area contributed by atoms with Gasteiger partial charge in [0.15, 0.2) is 0 Å². The summed E-state index contributed by atoms with van der Waals surface area (Å²) in [6, 6.07) is 13.6. The summed E-state index contributed by atoms with van der Waals surface area (Å²) >= 11 is 0. The molecule has 0 fully saturated rings. The van der Waals surface area contributed by atoms with Crippen molar-refractivity contribution in [3.8, 4) is 5.75 Å². The van der Waals surface area contributed by atoms with E-state index in [2.05, 4.69) is 34.0 Å². The van der Waals surface area contributed by atoms with Crippen molar-refractivity contribution in [3.05, 3.63) is 65.2 Å². The number of aryl methyl sites for hydroxylation is 1. The first-order valence-electron chi connectivity index (χ1n) is 9.47. The first-order chi connectivity index (χ1) is 13.5. The van der Waals surface area contributed by atoms with E-state index in [1.807, 2.05) is 12.1 Å². The number of hydrogen-bond donors (Lipinski definition) is 0. The van der Waals surface area contributed by atoms with Crippen LogP contribution in [0, 0.1) is 0 Å². The molecule has 0 spiro atoms. The Bertz CT molecular complexity index is 751. The lowest BCUT2D eigenvalue weighted by Gasteiger charge is -2.08. The number of halogens is 3. The molecule has 0 heterocycles. The van der Waals surface area contributed by atoms with Gasteiger partial charge in [0.1, 0.15) is 5.75 Å². The lowest BCUT2D eigenvalue weighted by Crippen LogP contribution is -2.16. The normalized spacial score (nSPS) is 12.1. The lowest BCUT2D eigenvalue weighted by atomic mass is 10.0. The van der Waals surface area contributed by atoms with Gasteiger partial charge in [-0.25, -0.2) is 0 Å². The van der Waals surface area contributed by atoms with Crippen LogP contribution in [0.25, 0.3) is 0 Å². The van der Waals surface area contributed by atoms with Crippen molar-refractivity contribution in [2.24, 2.45) is 10.2 Å². The quantitative estimate of drug-likeness (QED) is 0.257. The second-order valence-corrected chi connectivity index (χ2v) is 6.51. The van der Waals surface area contributed by atoms with Crippen LogP contribution < -0.4 is 4.74 Å². The van der Waals surface area contributed by atoms with Crippen molar-refractivity contribution in [2.45, 2.75) is 51.8 Å². The summed E-state index contributed by atoms with van der Waals surface area (Å²) in [5.74, 6) is -0.265. The first-order valence-corrected chi connectivity index (χ1v) is 9.47. The average Bonchev–Trinajstić information content (AvgIpc) is 2.66. The van der Waals surface area contributed by atoms with Crippen molar-refractivity contribution >= 4 is 12.4 Å². The van der Waals surface area contributed by atoms with Gasteiger partial charge in [0.25, 0.3) is 0 Å². The first kappa shape index (κ1) is 21.7. The highest BCUT2D eigenvalue weighted by atomic mass is 19.4. The molecule has 3 nitrogen and oxygen atoms in total. The minimum atomic E-state index is -4.69. The third-order valence-electron chi connectivity index (χ3n) is 4.14. The summed E-state index contributed by atoms with van der Waals surface area (Å²) in [5.41, 5.74) is 2.89. The molecule has 0 saturated carbocycles. The zero-order valence-electron chi connectivity index (χ0n) is 16.0. The Morgan fingerprint density at radius 2 is 1.32 bits per heavy atom. The van der Waals surface area contributed by atoms with Gasteiger partial charge in [-0.3, -0.25) is 0 Å². The van der Waals surface area contributed by atoms with Crippen LogP contribution in [-0.2, 0) is 6.42 Å². The fourth-order valence-corrected chi connectivity index (χ4v) is 2.66. The van der Waals surface area contributed by atoms with Crippen LogP contribution in [0.4, 0.5) is 13.2 Å². The SMILES string of the molecule is CCCCCCCc1ccc(/C=N/N=C\c2ccc(OC(F)(F)F)cc2)cc1. The molecular formula is C22H25F3N2O. The Labute approximate surface area is 164 Å². The van der Waals surface area contributed by atoms with E-state index in [-0.39, 0.29) is 5.75 Å². The molecular weight excluding hydrogens is 365 g/mol. The Kier molecular flexibility index (Phi) is 8.72. The van der Waals surface area contributed by atoms with Gasteiger partial charge in [-0.15, -0.1) is 13.2 Å². The minimum Gasteiger partial charge on any atom is -0.406 e. The molecule has 2 rings (SSSR count). The highest BCUT2D eigenvalue weighted by molar-refractivity contribution is 5.82. The molecule has 0 radical (unpaired) electrons. The van der Waals surface area contributed by atoms with Gasteiger partial charge in [-0.1, -0.05) is 56.9 Å². The molecule has 6 heteroatoms. The standard InChI is InChI=1S/C22H25F3N2O/c1-2-3-4-5-6-7-18-8-10-19(11-9-18)16-26-27-17-20-12-14-21(15-13-20)28-22(23,24)25/h8-17H,2-7H2,1H3/b26-16+,27-17-. The Morgan fingerprint density at radius 3 is 1.86 bits per heavy atom. The van der Waals surface area contributed by atoms with Crippen molar-refractivity contribution in [1.82, 2.24) is 0 Å². The Hall–Kier alpha value is -2.63. The summed E-state index contributed by atoms with van der Waals surface area (Å²) < 4.78 is 40.2. The van der Waals surface area contributed by atoms with Crippen LogP contribution in [0.2, 0.25) is 0 Å². The number of nitrogens with zero attached hydrogens (tertiary/aromatic N) is 2. The Balaban J connectivity index is 1.78. The Morgan fingerprint density at radius 1 is 0.786 bits per heavy atom.